The van der Waals surface area contributed by atoms with Crippen LogP contribution in [0.3, 0.4) is 0 Å². The first kappa shape index (κ1) is 24.3. The van der Waals surface area contributed by atoms with Crippen LogP contribution in [-0.2, 0) is 13.1 Å². The van der Waals surface area contributed by atoms with Gasteiger partial charge in [-0.1, -0.05) is 31.2 Å². The maximum atomic E-state index is 6.10. The highest BCUT2D eigenvalue weighted by Crippen LogP contribution is 2.28. The van der Waals surface area contributed by atoms with Gasteiger partial charge in [0.1, 0.15) is 11.5 Å². The van der Waals surface area contributed by atoms with Crippen LogP contribution in [0.2, 0.25) is 0 Å². The lowest BCUT2D eigenvalue weighted by molar-refractivity contribution is 0.185. The summed E-state index contributed by atoms with van der Waals surface area (Å²) in [4.78, 5) is 7.03. The third-order valence-corrected chi connectivity index (χ3v) is 5.38. The quantitative estimate of drug-likeness (QED) is 0.318. The van der Waals surface area contributed by atoms with E-state index in [1.807, 2.05) is 18.2 Å². The Morgan fingerprint density at radius 2 is 1.83 bits per heavy atom. The fourth-order valence-corrected chi connectivity index (χ4v) is 3.57. The molecular formula is C23H33IN4O2. The van der Waals surface area contributed by atoms with Gasteiger partial charge in [-0.05, 0) is 55.1 Å². The van der Waals surface area contributed by atoms with E-state index in [-0.39, 0.29) is 24.0 Å². The van der Waals surface area contributed by atoms with Crippen LogP contribution in [0.5, 0.6) is 11.5 Å². The molecule has 1 heterocycles. The van der Waals surface area contributed by atoms with Crippen molar-refractivity contribution < 1.29 is 9.47 Å². The van der Waals surface area contributed by atoms with E-state index in [2.05, 4.69) is 46.4 Å². The molecule has 0 radical (unpaired) electrons. The van der Waals surface area contributed by atoms with E-state index in [9.17, 15) is 0 Å². The van der Waals surface area contributed by atoms with Crippen molar-refractivity contribution in [3.05, 3.63) is 53.6 Å². The van der Waals surface area contributed by atoms with Gasteiger partial charge in [0.05, 0.1) is 26.5 Å². The van der Waals surface area contributed by atoms with Gasteiger partial charge in [-0.2, -0.15) is 0 Å². The summed E-state index contributed by atoms with van der Waals surface area (Å²) >= 11 is 0. The van der Waals surface area contributed by atoms with E-state index in [4.69, 9.17) is 15.2 Å². The van der Waals surface area contributed by atoms with Gasteiger partial charge >= 0.3 is 0 Å². The van der Waals surface area contributed by atoms with E-state index in [0.29, 0.717) is 18.3 Å². The molecule has 0 spiro atoms. The molecule has 0 amide bonds. The first-order chi connectivity index (χ1) is 14.1. The predicted molar refractivity (Wildman–Crippen MR) is 134 cm³/mol. The van der Waals surface area contributed by atoms with Crippen molar-refractivity contribution in [3.63, 3.8) is 0 Å². The van der Waals surface area contributed by atoms with Crippen molar-refractivity contribution in [3.8, 4) is 11.5 Å². The standard InChI is InChI=1S/C23H32N4O2.HI/c1-17-9-11-27(12-10-17)16-19-6-4-5-18(13-19)15-25-23(24)26-21-14-20(28-2)7-8-22(21)29-3;/h4-8,13-14,17H,9-12,15-16H2,1-3H3,(H3,24,25,26);1H. The Hall–Kier alpha value is -2.00. The Bertz CT molecular complexity index is 836. The van der Waals surface area contributed by atoms with Gasteiger partial charge in [0.25, 0.3) is 0 Å². The summed E-state index contributed by atoms with van der Waals surface area (Å²) in [6.45, 7) is 6.23. The molecule has 0 bridgehead atoms. The molecule has 3 N–H and O–H groups in total. The third-order valence-electron chi connectivity index (χ3n) is 5.38. The van der Waals surface area contributed by atoms with Crippen molar-refractivity contribution in [2.75, 3.05) is 32.6 Å². The second kappa shape index (κ2) is 12.0. The average Bonchev–Trinajstić information content (AvgIpc) is 2.74. The molecule has 1 fully saturated rings. The summed E-state index contributed by atoms with van der Waals surface area (Å²) in [6, 6.07) is 14.1. The number of benzene rings is 2. The number of ether oxygens (including phenoxy) is 2. The van der Waals surface area contributed by atoms with Gasteiger partial charge in [-0.3, -0.25) is 4.90 Å². The zero-order valence-electron chi connectivity index (χ0n) is 18.1. The minimum atomic E-state index is 0. The third kappa shape index (κ3) is 7.05. The minimum absolute atomic E-state index is 0. The van der Waals surface area contributed by atoms with Crippen molar-refractivity contribution >= 4 is 35.6 Å². The minimum Gasteiger partial charge on any atom is -0.497 e. The van der Waals surface area contributed by atoms with Crippen LogP contribution in [0.1, 0.15) is 30.9 Å². The summed E-state index contributed by atoms with van der Waals surface area (Å²) in [5, 5.41) is 3.11. The highest BCUT2D eigenvalue weighted by atomic mass is 127. The topological polar surface area (TPSA) is 72.1 Å². The van der Waals surface area contributed by atoms with Crippen LogP contribution in [0.4, 0.5) is 5.69 Å². The maximum absolute atomic E-state index is 6.10. The fourth-order valence-electron chi connectivity index (χ4n) is 3.57. The lowest BCUT2D eigenvalue weighted by Gasteiger charge is -2.30. The molecule has 0 saturated carbocycles. The molecule has 6 nitrogen and oxygen atoms in total. The first-order valence-corrected chi connectivity index (χ1v) is 10.2. The van der Waals surface area contributed by atoms with Gasteiger partial charge in [-0.15, -0.1) is 24.0 Å². The molecule has 1 saturated heterocycles. The Morgan fingerprint density at radius 3 is 2.53 bits per heavy atom. The zero-order valence-corrected chi connectivity index (χ0v) is 20.4. The van der Waals surface area contributed by atoms with Crippen LogP contribution in [-0.4, -0.2) is 38.2 Å². The van der Waals surface area contributed by atoms with E-state index < -0.39 is 0 Å². The molecule has 3 rings (SSSR count). The number of anilines is 1. The number of aliphatic imine (C=N–C) groups is 1. The normalized spacial score (nSPS) is 15.4. The lowest BCUT2D eigenvalue weighted by Crippen LogP contribution is -2.32. The number of halogens is 1. The van der Waals surface area contributed by atoms with E-state index in [1.54, 1.807) is 14.2 Å². The monoisotopic (exact) mass is 524 g/mol. The first-order valence-electron chi connectivity index (χ1n) is 10.2. The summed E-state index contributed by atoms with van der Waals surface area (Å²) < 4.78 is 10.6. The van der Waals surface area contributed by atoms with E-state index in [1.165, 1.54) is 31.5 Å². The molecule has 2 aromatic rings. The van der Waals surface area contributed by atoms with Crippen LogP contribution >= 0.6 is 24.0 Å². The molecule has 0 atom stereocenters. The molecule has 1 aliphatic rings. The number of methoxy groups -OCH3 is 2. The summed E-state index contributed by atoms with van der Waals surface area (Å²) in [6.07, 6.45) is 2.58. The van der Waals surface area contributed by atoms with Gasteiger partial charge < -0.3 is 20.5 Å². The average molecular weight is 524 g/mol. The number of hydrogen-bond acceptors (Lipinski definition) is 4. The molecule has 2 aromatic carbocycles. The molecule has 164 valence electrons. The van der Waals surface area contributed by atoms with Gasteiger partial charge in [0.15, 0.2) is 5.96 Å². The van der Waals surface area contributed by atoms with Crippen molar-refractivity contribution in [1.82, 2.24) is 4.90 Å². The SMILES string of the molecule is COc1ccc(OC)c(NC(N)=NCc2cccc(CN3CCC(C)CC3)c2)c1.I. The molecule has 7 heteroatoms. The summed E-state index contributed by atoms with van der Waals surface area (Å²) in [5.74, 6) is 2.60. The van der Waals surface area contributed by atoms with Crippen LogP contribution in [0, 0.1) is 5.92 Å². The Morgan fingerprint density at radius 1 is 1.10 bits per heavy atom. The number of piperidine rings is 1. The smallest absolute Gasteiger partial charge is 0.193 e. The zero-order chi connectivity index (χ0) is 20.6. The lowest BCUT2D eigenvalue weighted by atomic mass is 9.98. The van der Waals surface area contributed by atoms with Crippen LogP contribution in [0.25, 0.3) is 0 Å². The number of guanidine groups is 1. The number of nitrogens with one attached hydrogen (secondary N) is 1. The highest BCUT2D eigenvalue weighted by molar-refractivity contribution is 14.0. The maximum Gasteiger partial charge on any atom is 0.193 e. The van der Waals surface area contributed by atoms with Gasteiger partial charge in [0, 0.05) is 12.6 Å². The Balaban J connectivity index is 0.00000320. The Kier molecular flexibility index (Phi) is 9.71. The van der Waals surface area contributed by atoms with Crippen molar-refractivity contribution in [2.24, 2.45) is 16.6 Å². The molecule has 1 aliphatic heterocycles. The van der Waals surface area contributed by atoms with Crippen molar-refractivity contribution in [1.29, 1.82) is 0 Å². The van der Waals surface area contributed by atoms with E-state index >= 15 is 0 Å². The number of likely N-dealkylation sites (tertiary alicyclic amines) is 1. The molecule has 0 aliphatic carbocycles. The molecule has 30 heavy (non-hydrogen) atoms. The second-order valence-corrected chi connectivity index (χ2v) is 7.67. The van der Waals surface area contributed by atoms with Crippen molar-refractivity contribution in [2.45, 2.75) is 32.9 Å². The number of nitrogens with two attached hydrogens (primary N) is 1. The second-order valence-electron chi connectivity index (χ2n) is 7.67. The molecular weight excluding hydrogens is 491 g/mol. The van der Waals surface area contributed by atoms with Gasteiger partial charge in [-0.25, -0.2) is 4.99 Å². The highest BCUT2D eigenvalue weighted by Gasteiger charge is 2.15. The van der Waals surface area contributed by atoms with Crippen LogP contribution in [0.15, 0.2) is 47.5 Å². The fraction of sp³-hybridized carbons (Fsp3) is 0.435. The van der Waals surface area contributed by atoms with Crippen LogP contribution < -0.4 is 20.5 Å². The number of rotatable bonds is 7. The number of nitrogens with zero attached hydrogens (tertiary/aromatic N) is 2. The van der Waals surface area contributed by atoms with Gasteiger partial charge in [0.2, 0.25) is 0 Å². The summed E-state index contributed by atoms with van der Waals surface area (Å²) in [5.41, 5.74) is 9.30. The Labute approximate surface area is 196 Å². The largest absolute Gasteiger partial charge is 0.497 e. The number of hydrogen-bond donors (Lipinski definition) is 2. The molecule has 0 unspecified atom stereocenters. The molecule has 0 aromatic heterocycles. The van der Waals surface area contributed by atoms with E-state index in [0.717, 1.165) is 29.5 Å². The summed E-state index contributed by atoms with van der Waals surface area (Å²) in [7, 11) is 3.25. The predicted octanol–water partition coefficient (Wildman–Crippen LogP) is 4.48.